The second-order valence-electron chi connectivity index (χ2n) is 6.19. The average molecular weight is 308 g/mol. The van der Waals surface area contributed by atoms with Crippen LogP contribution in [0.5, 0.6) is 0 Å². The van der Waals surface area contributed by atoms with Crippen LogP contribution >= 0.6 is 11.3 Å². The number of nitrogens with two attached hydrogens (primary N) is 1. The summed E-state index contributed by atoms with van der Waals surface area (Å²) < 4.78 is 0. The predicted octanol–water partition coefficient (Wildman–Crippen LogP) is 2.09. The van der Waals surface area contributed by atoms with Gasteiger partial charge in [-0.2, -0.15) is 5.26 Å². The molecule has 116 valence electrons. The number of anilines is 1. The Kier molecular flexibility index (Phi) is 5.90. The topological polar surface area (TPSA) is 82.2 Å². The van der Waals surface area contributed by atoms with Gasteiger partial charge in [0, 0.05) is 11.4 Å². The molecule has 0 aliphatic rings. The highest BCUT2D eigenvalue weighted by atomic mass is 32.1. The van der Waals surface area contributed by atoms with Crippen LogP contribution in [0.2, 0.25) is 0 Å². The van der Waals surface area contributed by atoms with Crippen molar-refractivity contribution in [1.29, 1.82) is 5.26 Å². The third-order valence-corrected chi connectivity index (χ3v) is 4.54. The van der Waals surface area contributed by atoms with Gasteiger partial charge in [0.05, 0.1) is 12.1 Å². The third kappa shape index (κ3) is 4.81. The van der Waals surface area contributed by atoms with Crippen molar-refractivity contribution >= 4 is 22.2 Å². The van der Waals surface area contributed by atoms with Gasteiger partial charge in [0.1, 0.15) is 11.1 Å². The van der Waals surface area contributed by atoms with Crippen molar-refractivity contribution < 1.29 is 4.79 Å². The number of likely N-dealkylation sites (N-methyl/N-ethyl adjacent to an activating group) is 1. The maximum absolute atomic E-state index is 12.1. The Morgan fingerprint density at radius 2 is 2.10 bits per heavy atom. The van der Waals surface area contributed by atoms with E-state index in [1.54, 1.807) is 0 Å². The first kappa shape index (κ1) is 17.6. The molecule has 1 rings (SSSR count). The second-order valence-corrected chi connectivity index (χ2v) is 7.41. The molecular weight excluding hydrogens is 284 g/mol. The Bertz CT molecular complexity index is 557. The number of thiophene rings is 1. The zero-order valence-electron chi connectivity index (χ0n) is 13.4. The molecule has 0 aromatic carbocycles. The molecule has 0 bridgehead atoms. The molecule has 0 unspecified atom stereocenters. The van der Waals surface area contributed by atoms with Crippen molar-refractivity contribution in [3.8, 4) is 6.07 Å². The van der Waals surface area contributed by atoms with E-state index in [-0.39, 0.29) is 17.9 Å². The SMILES string of the molecule is Cc1sc(NC(=O)CN(C)CC(C)(C)CN)c(C#N)c1C. The van der Waals surface area contributed by atoms with E-state index in [2.05, 4.69) is 25.2 Å². The van der Waals surface area contributed by atoms with Gasteiger partial charge >= 0.3 is 0 Å². The van der Waals surface area contributed by atoms with Crippen LogP contribution in [-0.4, -0.2) is 37.5 Å². The Morgan fingerprint density at radius 1 is 1.48 bits per heavy atom. The predicted molar refractivity (Wildman–Crippen MR) is 87.5 cm³/mol. The van der Waals surface area contributed by atoms with E-state index in [9.17, 15) is 10.1 Å². The van der Waals surface area contributed by atoms with Gasteiger partial charge < -0.3 is 11.1 Å². The Labute approximate surface area is 130 Å². The summed E-state index contributed by atoms with van der Waals surface area (Å²) in [6, 6.07) is 2.16. The van der Waals surface area contributed by atoms with Gasteiger partial charge in [0.2, 0.25) is 5.91 Å². The molecule has 0 aliphatic carbocycles. The van der Waals surface area contributed by atoms with Gasteiger partial charge in [0.25, 0.3) is 0 Å². The summed E-state index contributed by atoms with van der Waals surface area (Å²) in [6.07, 6.45) is 0. The van der Waals surface area contributed by atoms with E-state index >= 15 is 0 Å². The summed E-state index contributed by atoms with van der Waals surface area (Å²) in [5, 5.41) is 12.7. The second kappa shape index (κ2) is 7.03. The molecule has 0 saturated carbocycles. The smallest absolute Gasteiger partial charge is 0.239 e. The Hall–Kier alpha value is -1.42. The molecule has 0 atom stereocenters. The first-order chi connectivity index (χ1) is 9.70. The normalized spacial score (nSPS) is 11.5. The van der Waals surface area contributed by atoms with Crippen molar-refractivity contribution in [3.05, 3.63) is 16.0 Å². The number of nitriles is 1. The highest BCUT2D eigenvalue weighted by molar-refractivity contribution is 7.16. The number of rotatable bonds is 6. The standard InChI is InChI=1S/C15H24N4OS/c1-10-11(2)21-14(12(10)6-16)18-13(20)7-19(5)9-15(3,4)8-17/h7-9,17H2,1-5H3,(H,18,20). The van der Waals surface area contributed by atoms with Gasteiger partial charge in [0.15, 0.2) is 0 Å². The van der Waals surface area contributed by atoms with Gasteiger partial charge in [-0.3, -0.25) is 9.69 Å². The highest BCUT2D eigenvalue weighted by Crippen LogP contribution is 2.31. The molecule has 3 N–H and O–H groups in total. The first-order valence-corrected chi connectivity index (χ1v) is 7.70. The van der Waals surface area contributed by atoms with E-state index in [0.717, 1.165) is 17.0 Å². The fraction of sp³-hybridized carbons (Fsp3) is 0.600. The number of hydrogen-bond acceptors (Lipinski definition) is 5. The highest BCUT2D eigenvalue weighted by Gasteiger charge is 2.20. The largest absolute Gasteiger partial charge is 0.330 e. The Morgan fingerprint density at radius 3 is 2.62 bits per heavy atom. The zero-order chi connectivity index (χ0) is 16.2. The number of aryl methyl sites for hydroxylation is 1. The van der Waals surface area contributed by atoms with Crippen LogP contribution in [0, 0.1) is 30.6 Å². The van der Waals surface area contributed by atoms with E-state index in [0.29, 0.717) is 17.1 Å². The summed E-state index contributed by atoms with van der Waals surface area (Å²) in [4.78, 5) is 15.1. The van der Waals surface area contributed by atoms with Crippen molar-refractivity contribution in [2.24, 2.45) is 11.1 Å². The van der Waals surface area contributed by atoms with Crippen LogP contribution in [0.4, 0.5) is 5.00 Å². The number of nitrogens with one attached hydrogen (secondary N) is 1. The lowest BCUT2D eigenvalue weighted by Gasteiger charge is -2.28. The third-order valence-electron chi connectivity index (χ3n) is 3.41. The van der Waals surface area contributed by atoms with Crippen molar-refractivity contribution in [2.75, 3.05) is 32.0 Å². The number of amides is 1. The molecule has 5 nitrogen and oxygen atoms in total. The van der Waals surface area contributed by atoms with Gasteiger partial charge in [-0.05, 0) is 38.4 Å². The van der Waals surface area contributed by atoms with Gasteiger partial charge in [-0.1, -0.05) is 13.8 Å². The maximum Gasteiger partial charge on any atom is 0.239 e. The number of carbonyl (C=O) groups is 1. The number of carbonyl (C=O) groups excluding carboxylic acids is 1. The number of hydrogen-bond donors (Lipinski definition) is 2. The van der Waals surface area contributed by atoms with E-state index in [4.69, 9.17) is 5.73 Å². The average Bonchev–Trinajstić information content (AvgIpc) is 2.63. The minimum absolute atomic E-state index is 0.0248. The van der Waals surface area contributed by atoms with Gasteiger partial charge in [-0.25, -0.2) is 0 Å². The molecule has 1 aromatic rings. The van der Waals surface area contributed by atoms with Crippen LogP contribution < -0.4 is 11.1 Å². The fourth-order valence-electron chi connectivity index (χ4n) is 2.11. The molecule has 0 aliphatic heterocycles. The van der Waals surface area contributed by atoms with E-state index < -0.39 is 0 Å². The molecular formula is C15H24N4OS. The van der Waals surface area contributed by atoms with Crippen molar-refractivity contribution in [1.82, 2.24) is 4.90 Å². The molecule has 0 fully saturated rings. The fourth-order valence-corrected chi connectivity index (χ4v) is 3.14. The first-order valence-electron chi connectivity index (χ1n) is 6.88. The van der Waals surface area contributed by atoms with E-state index in [1.165, 1.54) is 11.3 Å². The molecule has 21 heavy (non-hydrogen) atoms. The summed E-state index contributed by atoms with van der Waals surface area (Å²) in [5.41, 5.74) is 7.19. The quantitative estimate of drug-likeness (QED) is 0.843. The molecule has 1 heterocycles. The Balaban J connectivity index is 2.67. The lowest BCUT2D eigenvalue weighted by molar-refractivity contribution is -0.117. The monoisotopic (exact) mass is 308 g/mol. The molecule has 0 saturated heterocycles. The van der Waals surface area contributed by atoms with Crippen LogP contribution in [-0.2, 0) is 4.79 Å². The summed E-state index contributed by atoms with van der Waals surface area (Å²) in [5.74, 6) is -0.108. The maximum atomic E-state index is 12.1. The molecule has 1 amide bonds. The van der Waals surface area contributed by atoms with Gasteiger partial charge in [-0.15, -0.1) is 11.3 Å². The lowest BCUT2D eigenvalue weighted by atomic mass is 9.93. The minimum Gasteiger partial charge on any atom is -0.330 e. The molecule has 0 radical (unpaired) electrons. The molecule has 0 spiro atoms. The lowest BCUT2D eigenvalue weighted by Crippen LogP contribution is -2.40. The molecule has 1 aromatic heterocycles. The summed E-state index contributed by atoms with van der Waals surface area (Å²) in [7, 11) is 1.90. The van der Waals surface area contributed by atoms with Crippen molar-refractivity contribution in [3.63, 3.8) is 0 Å². The van der Waals surface area contributed by atoms with Crippen LogP contribution in [0.1, 0.15) is 29.9 Å². The summed E-state index contributed by atoms with van der Waals surface area (Å²) >= 11 is 1.45. The van der Waals surface area contributed by atoms with Crippen LogP contribution in [0.3, 0.4) is 0 Å². The zero-order valence-corrected chi connectivity index (χ0v) is 14.2. The minimum atomic E-state index is -0.108. The number of nitrogens with zero attached hydrogens (tertiary/aromatic N) is 2. The van der Waals surface area contributed by atoms with E-state index in [1.807, 2.05) is 25.8 Å². The molecule has 6 heteroatoms. The van der Waals surface area contributed by atoms with Crippen LogP contribution in [0.15, 0.2) is 0 Å². The summed E-state index contributed by atoms with van der Waals surface area (Å²) in [6.45, 7) is 9.58. The van der Waals surface area contributed by atoms with Crippen molar-refractivity contribution in [2.45, 2.75) is 27.7 Å². The van der Waals surface area contributed by atoms with Crippen LogP contribution in [0.25, 0.3) is 0 Å².